The molecular formula is C12H22O. The van der Waals surface area contributed by atoms with Crippen LogP contribution in [0.1, 0.15) is 58.3 Å². The zero-order valence-electron chi connectivity index (χ0n) is 9.55. The molecule has 0 aliphatic rings. The molecule has 0 spiro atoms. The van der Waals surface area contributed by atoms with Gasteiger partial charge in [-0.1, -0.05) is 34.6 Å². The molecule has 0 N–H and O–H groups in total. The zero-order valence-corrected chi connectivity index (χ0v) is 9.55. The van der Waals surface area contributed by atoms with Crippen molar-refractivity contribution in [2.24, 2.45) is 0 Å². The van der Waals surface area contributed by atoms with Gasteiger partial charge in [-0.15, -0.1) is 0 Å². The first-order valence-corrected chi connectivity index (χ1v) is 5.35. The summed E-state index contributed by atoms with van der Waals surface area (Å²) in [5.41, 5.74) is 1.34. The topological polar surface area (TPSA) is 13.1 Å². The first kappa shape index (κ1) is 12.3. The highest BCUT2D eigenvalue weighted by molar-refractivity contribution is 5.16. The SMILES string of the molecule is CC.CCc1cc(C(C)CC)co1. The third-order valence-corrected chi connectivity index (χ3v) is 2.20. The van der Waals surface area contributed by atoms with E-state index in [2.05, 4.69) is 26.8 Å². The molecule has 0 saturated carbocycles. The second-order valence-corrected chi connectivity index (χ2v) is 3.01. The minimum absolute atomic E-state index is 0.638. The molecule has 1 heteroatoms. The van der Waals surface area contributed by atoms with Crippen LogP contribution < -0.4 is 0 Å². The molecule has 1 heterocycles. The quantitative estimate of drug-likeness (QED) is 0.676. The van der Waals surface area contributed by atoms with Crippen molar-refractivity contribution in [3.63, 3.8) is 0 Å². The van der Waals surface area contributed by atoms with Crippen molar-refractivity contribution in [3.8, 4) is 0 Å². The summed E-state index contributed by atoms with van der Waals surface area (Å²) in [5, 5.41) is 0. The fourth-order valence-corrected chi connectivity index (χ4v) is 1.08. The molecule has 0 amide bonds. The Morgan fingerprint density at radius 2 is 1.92 bits per heavy atom. The van der Waals surface area contributed by atoms with Gasteiger partial charge in [-0.2, -0.15) is 0 Å². The molecule has 0 aliphatic heterocycles. The maximum Gasteiger partial charge on any atom is 0.103 e. The summed E-state index contributed by atoms with van der Waals surface area (Å²) in [6.07, 6.45) is 4.06. The minimum Gasteiger partial charge on any atom is -0.469 e. The summed E-state index contributed by atoms with van der Waals surface area (Å²) in [6.45, 7) is 10.5. The van der Waals surface area contributed by atoms with Crippen molar-refractivity contribution in [2.45, 2.75) is 53.4 Å². The van der Waals surface area contributed by atoms with Crippen molar-refractivity contribution in [1.82, 2.24) is 0 Å². The molecule has 0 aliphatic carbocycles. The zero-order chi connectivity index (χ0) is 10.3. The predicted molar refractivity (Wildman–Crippen MR) is 58.1 cm³/mol. The Kier molecular flexibility index (Phi) is 6.38. The van der Waals surface area contributed by atoms with E-state index in [1.807, 2.05) is 20.1 Å². The second kappa shape index (κ2) is 6.76. The molecule has 0 bridgehead atoms. The van der Waals surface area contributed by atoms with Crippen molar-refractivity contribution >= 4 is 0 Å². The maximum absolute atomic E-state index is 5.34. The Morgan fingerprint density at radius 3 is 2.31 bits per heavy atom. The molecule has 1 aromatic rings. The summed E-state index contributed by atoms with van der Waals surface area (Å²) in [6, 6.07) is 2.16. The van der Waals surface area contributed by atoms with E-state index in [1.54, 1.807) is 0 Å². The van der Waals surface area contributed by atoms with E-state index in [4.69, 9.17) is 4.42 Å². The van der Waals surface area contributed by atoms with E-state index < -0.39 is 0 Å². The van der Waals surface area contributed by atoms with Crippen LogP contribution in [-0.4, -0.2) is 0 Å². The lowest BCUT2D eigenvalue weighted by atomic mass is 10.0. The highest BCUT2D eigenvalue weighted by Gasteiger charge is 2.05. The number of furan rings is 1. The standard InChI is InChI=1S/C10H16O.C2H6/c1-4-8(3)9-6-10(5-2)11-7-9;1-2/h6-8H,4-5H2,1-3H3;1-2H3. The van der Waals surface area contributed by atoms with Gasteiger partial charge in [0.25, 0.3) is 0 Å². The molecule has 1 aromatic heterocycles. The van der Waals surface area contributed by atoms with Crippen LogP contribution in [0, 0.1) is 0 Å². The van der Waals surface area contributed by atoms with E-state index in [0.29, 0.717) is 5.92 Å². The van der Waals surface area contributed by atoms with Gasteiger partial charge in [0.05, 0.1) is 6.26 Å². The largest absolute Gasteiger partial charge is 0.469 e. The van der Waals surface area contributed by atoms with Gasteiger partial charge in [0.2, 0.25) is 0 Å². The average molecular weight is 182 g/mol. The molecular weight excluding hydrogens is 160 g/mol. The smallest absolute Gasteiger partial charge is 0.103 e. The fourth-order valence-electron chi connectivity index (χ4n) is 1.08. The number of hydrogen-bond donors (Lipinski definition) is 0. The molecule has 1 rings (SSSR count). The normalized spacial score (nSPS) is 11.8. The highest BCUT2D eigenvalue weighted by atomic mass is 16.3. The first-order chi connectivity index (χ1) is 6.27. The number of rotatable bonds is 3. The van der Waals surface area contributed by atoms with Crippen LogP contribution in [0.5, 0.6) is 0 Å². The lowest BCUT2D eigenvalue weighted by molar-refractivity contribution is 0.511. The Balaban J connectivity index is 0.000000671. The van der Waals surface area contributed by atoms with E-state index in [1.165, 1.54) is 12.0 Å². The summed E-state index contributed by atoms with van der Waals surface area (Å²) in [4.78, 5) is 0. The van der Waals surface area contributed by atoms with Gasteiger partial charge in [0.15, 0.2) is 0 Å². The van der Waals surface area contributed by atoms with Crippen molar-refractivity contribution in [1.29, 1.82) is 0 Å². The van der Waals surface area contributed by atoms with Gasteiger partial charge in [-0.3, -0.25) is 0 Å². The van der Waals surface area contributed by atoms with Crippen LogP contribution in [0.25, 0.3) is 0 Å². The Hall–Kier alpha value is -0.720. The van der Waals surface area contributed by atoms with E-state index in [-0.39, 0.29) is 0 Å². The van der Waals surface area contributed by atoms with Crippen LogP contribution in [0.15, 0.2) is 16.7 Å². The van der Waals surface area contributed by atoms with Gasteiger partial charge >= 0.3 is 0 Å². The second-order valence-electron chi connectivity index (χ2n) is 3.01. The summed E-state index contributed by atoms with van der Waals surface area (Å²) >= 11 is 0. The molecule has 0 saturated heterocycles. The van der Waals surface area contributed by atoms with Crippen LogP contribution >= 0.6 is 0 Å². The third kappa shape index (κ3) is 3.67. The van der Waals surface area contributed by atoms with E-state index in [9.17, 15) is 0 Å². The molecule has 0 radical (unpaired) electrons. The lowest BCUT2D eigenvalue weighted by Crippen LogP contribution is -1.86. The summed E-state index contributed by atoms with van der Waals surface area (Å²) in [5.74, 6) is 1.74. The van der Waals surface area contributed by atoms with Crippen molar-refractivity contribution in [3.05, 3.63) is 23.7 Å². The molecule has 0 aromatic carbocycles. The van der Waals surface area contributed by atoms with E-state index in [0.717, 1.165) is 12.2 Å². The maximum atomic E-state index is 5.34. The average Bonchev–Trinajstić information content (AvgIpc) is 2.68. The molecule has 1 unspecified atom stereocenters. The Labute approximate surface area is 82.2 Å². The molecule has 1 atom stereocenters. The summed E-state index contributed by atoms with van der Waals surface area (Å²) < 4.78 is 5.34. The van der Waals surface area contributed by atoms with Gasteiger partial charge in [-0.25, -0.2) is 0 Å². The third-order valence-electron chi connectivity index (χ3n) is 2.20. The predicted octanol–water partition coefficient (Wildman–Crippen LogP) is 4.38. The van der Waals surface area contributed by atoms with Crippen LogP contribution in [-0.2, 0) is 6.42 Å². The Morgan fingerprint density at radius 1 is 1.31 bits per heavy atom. The molecule has 13 heavy (non-hydrogen) atoms. The van der Waals surface area contributed by atoms with Gasteiger partial charge in [0.1, 0.15) is 5.76 Å². The molecule has 0 fully saturated rings. The monoisotopic (exact) mass is 182 g/mol. The van der Waals surface area contributed by atoms with Crippen LogP contribution in [0.3, 0.4) is 0 Å². The Bertz CT molecular complexity index is 213. The van der Waals surface area contributed by atoms with Crippen LogP contribution in [0.2, 0.25) is 0 Å². The van der Waals surface area contributed by atoms with Crippen LogP contribution in [0.4, 0.5) is 0 Å². The fraction of sp³-hybridized carbons (Fsp3) is 0.667. The van der Waals surface area contributed by atoms with E-state index >= 15 is 0 Å². The van der Waals surface area contributed by atoms with Gasteiger partial charge < -0.3 is 4.42 Å². The van der Waals surface area contributed by atoms with Gasteiger partial charge in [0, 0.05) is 6.42 Å². The highest BCUT2D eigenvalue weighted by Crippen LogP contribution is 2.20. The molecule has 1 nitrogen and oxygen atoms in total. The van der Waals surface area contributed by atoms with Crippen molar-refractivity contribution < 1.29 is 4.42 Å². The molecule has 76 valence electrons. The first-order valence-electron chi connectivity index (χ1n) is 5.35. The van der Waals surface area contributed by atoms with Gasteiger partial charge in [-0.05, 0) is 24.0 Å². The summed E-state index contributed by atoms with van der Waals surface area (Å²) in [7, 11) is 0. The number of aryl methyl sites for hydroxylation is 1. The lowest BCUT2D eigenvalue weighted by Gasteiger charge is -2.01. The van der Waals surface area contributed by atoms with Crippen molar-refractivity contribution in [2.75, 3.05) is 0 Å². The number of hydrogen-bond acceptors (Lipinski definition) is 1. The minimum atomic E-state index is 0.638.